The molecule has 0 aliphatic heterocycles. The maximum atomic E-state index is 10.9. The van der Waals surface area contributed by atoms with Crippen molar-refractivity contribution in [3.05, 3.63) is 21.7 Å². The van der Waals surface area contributed by atoms with Crippen molar-refractivity contribution in [1.82, 2.24) is 9.88 Å². The van der Waals surface area contributed by atoms with Crippen LogP contribution < -0.4 is 9.64 Å². The number of aromatic nitrogens is 1. The van der Waals surface area contributed by atoms with Gasteiger partial charge in [0, 0.05) is 26.2 Å². The summed E-state index contributed by atoms with van der Waals surface area (Å²) >= 11 is 0. The van der Waals surface area contributed by atoms with E-state index in [1.807, 2.05) is 26.0 Å². The second kappa shape index (κ2) is 6.33. The molecule has 0 aromatic carbocycles. The first-order valence-corrected chi connectivity index (χ1v) is 5.92. The van der Waals surface area contributed by atoms with E-state index in [1.54, 1.807) is 6.92 Å². The Labute approximate surface area is 112 Å². The van der Waals surface area contributed by atoms with E-state index in [9.17, 15) is 10.1 Å². The van der Waals surface area contributed by atoms with Crippen molar-refractivity contribution in [2.45, 2.75) is 6.92 Å². The van der Waals surface area contributed by atoms with Gasteiger partial charge in [-0.15, -0.1) is 0 Å². The molecule has 0 aliphatic carbocycles. The normalized spacial score (nSPS) is 10.6. The minimum Gasteiger partial charge on any atom is -0.476 e. The molecule has 7 nitrogen and oxygen atoms in total. The second-order valence-electron chi connectivity index (χ2n) is 4.64. The molecule has 1 aromatic rings. The van der Waals surface area contributed by atoms with Crippen molar-refractivity contribution in [2.75, 3.05) is 46.2 Å². The molecule has 0 saturated carbocycles. The summed E-state index contributed by atoms with van der Waals surface area (Å²) in [6.45, 7) is 3.46. The molecule has 0 unspecified atom stereocenters. The number of aryl methyl sites for hydroxylation is 1. The summed E-state index contributed by atoms with van der Waals surface area (Å²) in [6, 6.07) is 1.49. The highest BCUT2D eigenvalue weighted by Gasteiger charge is 2.20. The molecule has 0 atom stereocenters. The quantitative estimate of drug-likeness (QED) is 0.572. The van der Waals surface area contributed by atoms with Crippen LogP contribution in [-0.4, -0.2) is 56.1 Å². The molecule has 19 heavy (non-hydrogen) atoms. The van der Waals surface area contributed by atoms with Gasteiger partial charge in [0.05, 0.1) is 12.0 Å². The standard InChI is InChI=1S/C12H20N4O3/c1-9-8-10(16(17)18)12(19-5)13-11(9)15(4)7-6-14(2)3/h8H,6-7H2,1-5H3. The molecular formula is C12H20N4O3. The number of hydrogen-bond donors (Lipinski definition) is 0. The highest BCUT2D eigenvalue weighted by atomic mass is 16.6. The van der Waals surface area contributed by atoms with Gasteiger partial charge in [-0.1, -0.05) is 0 Å². The van der Waals surface area contributed by atoms with Gasteiger partial charge in [0.1, 0.15) is 5.82 Å². The van der Waals surface area contributed by atoms with Crippen molar-refractivity contribution in [3.63, 3.8) is 0 Å². The van der Waals surface area contributed by atoms with Crippen LogP contribution in [0.15, 0.2) is 6.07 Å². The van der Waals surface area contributed by atoms with Crippen LogP contribution in [-0.2, 0) is 0 Å². The van der Waals surface area contributed by atoms with E-state index in [2.05, 4.69) is 9.88 Å². The van der Waals surface area contributed by atoms with Crippen LogP contribution in [0.3, 0.4) is 0 Å². The summed E-state index contributed by atoms with van der Waals surface area (Å²) in [5.74, 6) is 0.742. The van der Waals surface area contributed by atoms with E-state index in [0.717, 1.165) is 18.7 Å². The zero-order valence-electron chi connectivity index (χ0n) is 12.0. The van der Waals surface area contributed by atoms with Crippen LogP contribution in [0.2, 0.25) is 0 Å². The Morgan fingerprint density at radius 1 is 1.37 bits per heavy atom. The Hall–Kier alpha value is -1.89. The van der Waals surface area contributed by atoms with Crippen LogP contribution in [0.1, 0.15) is 5.56 Å². The smallest absolute Gasteiger partial charge is 0.331 e. The van der Waals surface area contributed by atoms with Gasteiger partial charge in [-0.25, -0.2) is 0 Å². The lowest BCUT2D eigenvalue weighted by atomic mass is 10.2. The molecule has 1 heterocycles. The number of likely N-dealkylation sites (N-methyl/N-ethyl adjacent to an activating group) is 2. The number of rotatable bonds is 6. The molecule has 1 aromatic heterocycles. The minimum atomic E-state index is -0.484. The van der Waals surface area contributed by atoms with Gasteiger partial charge >= 0.3 is 5.69 Å². The highest BCUT2D eigenvalue weighted by Crippen LogP contribution is 2.30. The molecule has 0 radical (unpaired) electrons. The summed E-state index contributed by atoms with van der Waals surface area (Å²) in [5.41, 5.74) is 0.651. The van der Waals surface area contributed by atoms with E-state index in [4.69, 9.17) is 4.74 Å². The topological polar surface area (TPSA) is 71.7 Å². The lowest BCUT2D eigenvalue weighted by Gasteiger charge is -2.22. The molecule has 0 amide bonds. The highest BCUT2D eigenvalue weighted by molar-refractivity contribution is 5.55. The van der Waals surface area contributed by atoms with Gasteiger partial charge in [0.2, 0.25) is 0 Å². The lowest BCUT2D eigenvalue weighted by molar-refractivity contribution is -0.386. The molecule has 1 rings (SSSR count). The number of hydrogen-bond acceptors (Lipinski definition) is 6. The number of nitro groups is 1. The van der Waals surface area contributed by atoms with Gasteiger partial charge < -0.3 is 14.5 Å². The van der Waals surface area contributed by atoms with E-state index in [-0.39, 0.29) is 11.6 Å². The molecule has 0 aliphatic rings. The van der Waals surface area contributed by atoms with Crippen molar-refractivity contribution < 1.29 is 9.66 Å². The van der Waals surface area contributed by atoms with Crippen LogP contribution in [0.5, 0.6) is 5.88 Å². The summed E-state index contributed by atoms with van der Waals surface area (Å²) in [4.78, 5) is 18.7. The average molecular weight is 268 g/mol. The number of nitrogens with zero attached hydrogens (tertiary/aromatic N) is 4. The fourth-order valence-electron chi connectivity index (χ4n) is 1.70. The van der Waals surface area contributed by atoms with E-state index < -0.39 is 4.92 Å². The van der Waals surface area contributed by atoms with E-state index >= 15 is 0 Å². The zero-order chi connectivity index (χ0) is 14.6. The van der Waals surface area contributed by atoms with Gasteiger partial charge in [-0.3, -0.25) is 10.1 Å². The first-order chi connectivity index (χ1) is 8.86. The summed E-state index contributed by atoms with van der Waals surface area (Å²) in [6.07, 6.45) is 0. The van der Waals surface area contributed by atoms with Gasteiger partial charge in [-0.05, 0) is 26.6 Å². The fourth-order valence-corrected chi connectivity index (χ4v) is 1.70. The average Bonchev–Trinajstić information content (AvgIpc) is 2.35. The Morgan fingerprint density at radius 3 is 2.47 bits per heavy atom. The van der Waals surface area contributed by atoms with Gasteiger partial charge in [0.15, 0.2) is 0 Å². The lowest BCUT2D eigenvalue weighted by Crippen LogP contribution is -2.29. The molecule has 0 fully saturated rings. The third-order valence-electron chi connectivity index (χ3n) is 2.77. The minimum absolute atomic E-state index is 0.0438. The number of pyridine rings is 1. The Bertz CT molecular complexity index is 463. The molecule has 0 bridgehead atoms. The Kier molecular flexibility index (Phi) is 5.05. The van der Waals surface area contributed by atoms with Gasteiger partial charge in [-0.2, -0.15) is 4.98 Å². The second-order valence-corrected chi connectivity index (χ2v) is 4.64. The predicted octanol–water partition coefficient (Wildman–Crippen LogP) is 1.30. The van der Waals surface area contributed by atoms with Crippen molar-refractivity contribution in [1.29, 1.82) is 0 Å². The van der Waals surface area contributed by atoms with Crippen molar-refractivity contribution >= 4 is 11.5 Å². The third-order valence-corrected chi connectivity index (χ3v) is 2.77. The van der Waals surface area contributed by atoms with Gasteiger partial charge in [0.25, 0.3) is 5.88 Å². The van der Waals surface area contributed by atoms with Crippen LogP contribution in [0.4, 0.5) is 11.5 Å². The molecule has 7 heteroatoms. The monoisotopic (exact) mass is 268 g/mol. The third kappa shape index (κ3) is 3.78. The summed E-state index contributed by atoms with van der Waals surface area (Å²) in [5, 5.41) is 10.9. The fraction of sp³-hybridized carbons (Fsp3) is 0.583. The van der Waals surface area contributed by atoms with E-state index in [0.29, 0.717) is 5.82 Å². The zero-order valence-corrected chi connectivity index (χ0v) is 12.0. The first-order valence-electron chi connectivity index (χ1n) is 5.92. The summed E-state index contributed by atoms with van der Waals surface area (Å²) < 4.78 is 4.99. The van der Waals surface area contributed by atoms with Crippen molar-refractivity contribution in [3.8, 4) is 5.88 Å². The van der Waals surface area contributed by atoms with E-state index in [1.165, 1.54) is 13.2 Å². The molecular weight excluding hydrogens is 248 g/mol. The van der Waals surface area contributed by atoms with Crippen LogP contribution in [0, 0.1) is 17.0 Å². The number of ether oxygens (including phenoxy) is 1. The molecule has 106 valence electrons. The largest absolute Gasteiger partial charge is 0.476 e. The molecule has 0 saturated heterocycles. The Balaban J connectivity index is 3.05. The molecule has 0 spiro atoms. The van der Waals surface area contributed by atoms with Crippen LogP contribution >= 0.6 is 0 Å². The Morgan fingerprint density at radius 2 is 2.00 bits per heavy atom. The summed E-state index contributed by atoms with van der Waals surface area (Å²) in [7, 11) is 7.27. The van der Waals surface area contributed by atoms with Crippen LogP contribution in [0.25, 0.3) is 0 Å². The number of methoxy groups -OCH3 is 1. The molecule has 0 N–H and O–H groups in total. The first kappa shape index (κ1) is 15.2. The maximum absolute atomic E-state index is 10.9. The number of anilines is 1. The SMILES string of the molecule is COc1nc(N(C)CCN(C)C)c(C)cc1[N+](=O)[O-]. The maximum Gasteiger partial charge on any atom is 0.331 e. The predicted molar refractivity (Wildman–Crippen MR) is 74.0 cm³/mol. The van der Waals surface area contributed by atoms with Crippen molar-refractivity contribution in [2.24, 2.45) is 0 Å².